The summed E-state index contributed by atoms with van der Waals surface area (Å²) in [5.74, 6) is 0. The van der Waals surface area contributed by atoms with Gasteiger partial charge in [-0.3, -0.25) is 10.1 Å². The van der Waals surface area contributed by atoms with Gasteiger partial charge in [-0.1, -0.05) is 0 Å². The summed E-state index contributed by atoms with van der Waals surface area (Å²) in [7, 11) is 0. The van der Waals surface area contributed by atoms with E-state index in [0.717, 1.165) is 5.54 Å². The van der Waals surface area contributed by atoms with E-state index in [0.29, 0.717) is 12.1 Å². The number of anilines is 1. The smallest absolute Gasteiger partial charge is 0.258 e. The molecule has 0 saturated heterocycles. The number of nitrogens with one attached hydrogen (secondary N) is 1. The maximum atomic E-state index is 12.1. The van der Waals surface area contributed by atoms with Crippen molar-refractivity contribution in [3.8, 4) is 0 Å². The van der Waals surface area contributed by atoms with Gasteiger partial charge in [0.15, 0.2) is 0 Å². The van der Waals surface area contributed by atoms with Crippen LogP contribution in [0.5, 0.6) is 0 Å². The lowest BCUT2D eigenvalue weighted by Crippen LogP contribution is -2.06. The average molecular weight is 224 g/mol. The van der Waals surface area contributed by atoms with Gasteiger partial charge < -0.3 is 0 Å². The van der Waals surface area contributed by atoms with E-state index in [1.54, 1.807) is 0 Å². The lowest BCUT2D eigenvalue weighted by Gasteiger charge is -2.07. The van der Waals surface area contributed by atoms with Gasteiger partial charge in [0.2, 0.25) is 0 Å². The second kappa shape index (κ2) is 3.71. The van der Waals surface area contributed by atoms with E-state index in [2.05, 4.69) is 0 Å². The van der Waals surface area contributed by atoms with E-state index in [1.807, 2.05) is 0 Å². The molecule has 0 aliphatic rings. The minimum absolute atomic E-state index is 0.266. The number of nitro benzene ring substituents is 1. The Morgan fingerprint density at radius 2 is 1.93 bits per heavy atom. The van der Waals surface area contributed by atoms with Crippen molar-refractivity contribution in [1.29, 1.82) is 0 Å². The second-order valence-corrected chi connectivity index (χ2v) is 2.58. The summed E-state index contributed by atoms with van der Waals surface area (Å²) in [5.41, 5.74) is -1.84. The van der Waals surface area contributed by atoms with Crippen molar-refractivity contribution in [3.63, 3.8) is 0 Å². The maximum Gasteiger partial charge on any atom is 0.416 e. The Morgan fingerprint density at radius 3 is 2.33 bits per heavy atom. The van der Waals surface area contributed by atoms with E-state index in [1.165, 1.54) is 0 Å². The molecule has 8 heteroatoms. The highest BCUT2D eigenvalue weighted by Crippen LogP contribution is 2.34. The monoisotopic (exact) mass is 224 g/mol. The van der Waals surface area contributed by atoms with E-state index in [-0.39, 0.29) is 6.07 Å². The highest BCUT2D eigenvalue weighted by Gasteiger charge is 2.33. The van der Waals surface area contributed by atoms with E-state index in [4.69, 9.17) is 0 Å². The average Bonchev–Trinajstić information content (AvgIpc) is 2.15. The SMILES string of the molecule is O=[N+]([O-])c1cc(C(F)(F)F)ccc1NF. The third kappa shape index (κ3) is 2.33. The van der Waals surface area contributed by atoms with Crippen molar-refractivity contribution in [3.05, 3.63) is 33.9 Å². The number of nitrogens with zero attached hydrogens (tertiary/aromatic N) is 1. The first-order valence-corrected chi connectivity index (χ1v) is 3.58. The first-order valence-electron chi connectivity index (χ1n) is 3.58. The molecule has 1 aromatic carbocycles. The third-order valence-electron chi connectivity index (χ3n) is 1.62. The molecule has 0 amide bonds. The van der Waals surface area contributed by atoms with Gasteiger partial charge in [-0.15, -0.1) is 4.48 Å². The van der Waals surface area contributed by atoms with Crippen LogP contribution in [0.3, 0.4) is 0 Å². The highest BCUT2D eigenvalue weighted by molar-refractivity contribution is 5.61. The highest BCUT2D eigenvalue weighted by atomic mass is 19.4. The summed E-state index contributed by atoms with van der Waals surface area (Å²) in [5, 5.41) is 10.3. The summed E-state index contributed by atoms with van der Waals surface area (Å²) in [4.78, 5) is 9.19. The van der Waals surface area contributed by atoms with Gasteiger partial charge >= 0.3 is 6.18 Å². The first kappa shape index (κ1) is 11.2. The molecule has 1 rings (SSSR count). The summed E-state index contributed by atoms with van der Waals surface area (Å²) >= 11 is 0. The van der Waals surface area contributed by atoms with Gasteiger partial charge in [-0.2, -0.15) is 13.2 Å². The van der Waals surface area contributed by atoms with Crippen LogP contribution in [0.4, 0.5) is 29.0 Å². The quantitative estimate of drug-likeness (QED) is 0.363. The van der Waals surface area contributed by atoms with Crippen LogP contribution in [0.25, 0.3) is 0 Å². The molecule has 0 fully saturated rings. The van der Waals surface area contributed by atoms with Crippen LogP contribution in [-0.2, 0) is 6.18 Å². The van der Waals surface area contributed by atoms with E-state index in [9.17, 15) is 27.8 Å². The predicted octanol–water partition coefficient (Wildman–Crippen LogP) is 2.91. The zero-order valence-corrected chi connectivity index (χ0v) is 7.01. The maximum absolute atomic E-state index is 12.1. The summed E-state index contributed by atoms with van der Waals surface area (Å²) in [6.45, 7) is 0. The number of rotatable bonds is 2. The molecule has 0 atom stereocenters. The molecule has 15 heavy (non-hydrogen) atoms. The number of nitro groups is 1. The standard InChI is InChI=1S/C7H4F4N2O2/c8-7(9,10)4-1-2-5(12-11)6(3-4)13(14)15/h1-3,12H. The van der Waals surface area contributed by atoms with Crippen LogP contribution in [0.2, 0.25) is 0 Å². The third-order valence-corrected chi connectivity index (χ3v) is 1.62. The molecular weight excluding hydrogens is 220 g/mol. The Balaban J connectivity index is 3.28. The molecule has 82 valence electrons. The molecule has 0 aliphatic heterocycles. The van der Waals surface area contributed by atoms with Crippen LogP contribution in [0, 0.1) is 10.1 Å². The fourth-order valence-electron chi connectivity index (χ4n) is 0.939. The van der Waals surface area contributed by atoms with Crippen molar-refractivity contribution < 1.29 is 22.6 Å². The lowest BCUT2D eigenvalue weighted by atomic mass is 10.1. The Labute approximate surface area is 80.6 Å². The molecule has 0 aromatic heterocycles. The Morgan fingerprint density at radius 1 is 1.33 bits per heavy atom. The molecule has 0 saturated carbocycles. The number of hydrogen-bond acceptors (Lipinski definition) is 3. The van der Waals surface area contributed by atoms with Crippen LogP contribution in [0.1, 0.15) is 5.56 Å². The summed E-state index contributed by atoms with van der Waals surface area (Å²) in [6.07, 6.45) is -4.69. The first-order chi connectivity index (χ1) is 6.86. The van der Waals surface area contributed by atoms with E-state index < -0.39 is 28.0 Å². The fraction of sp³-hybridized carbons (Fsp3) is 0.143. The second-order valence-electron chi connectivity index (χ2n) is 2.58. The molecule has 0 bridgehead atoms. The van der Waals surface area contributed by atoms with Gasteiger partial charge in [0.1, 0.15) is 5.69 Å². The predicted molar refractivity (Wildman–Crippen MR) is 42.8 cm³/mol. The number of halogens is 4. The Kier molecular flexibility index (Phi) is 2.78. The summed E-state index contributed by atoms with van der Waals surface area (Å²) in [6, 6.07) is 1.47. The van der Waals surface area contributed by atoms with Crippen molar-refractivity contribution >= 4 is 11.4 Å². The molecule has 0 spiro atoms. The number of hydrogen-bond donors (Lipinski definition) is 1. The molecule has 1 aromatic rings. The molecular formula is C7H4F4N2O2. The fourth-order valence-corrected chi connectivity index (χ4v) is 0.939. The van der Waals surface area contributed by atoms with Crippen molar-refractivity contribution in [2.24, 2.45) is 0 Å². The topological polar surface area (TPSA) is 55.2 Å². The van der Waals surface area contributed by atoms with E-state index >= 15 is 0 Å². The minimum atomic E-state index is -4.69. The van der Waals surface area contributed by atoms with Crippen molar-refractivity contribution in [2.45, 2.75) is 6.18 Å². The molecule has 4 nitrogen and oxygen atoms in total. The zero-order valence-electron chi connectivity index (χ0n) is 7.01. The van der Waals surface area contributed by atoms with Crippen molar-refractivity contribution in [2.75, 3.05) is 5.54 Å². The Hall–Kier alpha value is -1.86. The van der Waals surface area contributed by atoms with Crippen LogP contribution < -0.4 is 5.54 Å². The molecule has 0 heterocycles. The molecule has 0 radical (unpaired) electrons. The zero-order chi connectivity index (χ0) is 11.6. The van der Waals surface area contributed by atoms with Crippen molar-refractivity contribution in [1.82, 2.24) is 0 Å². The normalized spacial score (nSPS) is 11.2. The van der Waals surface area contributed by atoms with Gasteiger partial charge in [0.25, 0.3) is 5.69 Å². The van der Waals surface area contributed by atoms with Gasteiger partial charge in [0.05, 0.1) is 10.5 Å². The lowest BCUT2D eigenvalue weighted by molar-refractivity contribution is -0.384. The van der Waals surface area contributed by atoms with Crippen LogP contribution in [-0.4, -0.2) is 4.92 Å². The van der Waals surface area contributed by atoms with Gasteiger partial charge in [0, 0.05) is 6.07 Å². The minimum Gasteiger partial charge on any atom is -0.258 e. The molecule has 0 aliphatic carbocycles. The number of benzene rings is 1. The number of alkyl halides is 3. The Bertz CT molecular complexity index is 391. The van der Waals surface area contributed by atoms with Crippen LogP contribution >= 0.6 is 0 Å². The largest absolute Gasteiger partial charge is 0.416 e. The van der Waals surface area contributed by atoms with Gasteiger partial charge in [-0.25, -0.2) is 5.54 Å². The van der Waals surface area contributed by atoms with Gasteiger partial charge in [-0.05, 0) is 12.1 Å². The molecule has 1 N–H and O–H groups in total. The molecule has 0 unspecified atom stereocenters. The summed E-state index contributed by atoms with van der Waals surface area (Å²) < 4.78 is 48.3. The van der Waals surface area contributed by atoms with Crippen LogP contribution in [0.15, 0.2) is 18.2 Å².